The van der Waals surface area contributed by atoms with Crippen molar-refractivity contribution in [3.8, 4) is 17.2 Å². The summed E-state index contributed by atoms with van der Waals surface area (Å²) in [5.41, 5.74) is 5.34. The number of benzene rings is 4. The van der Waals surface area contributed by atoms with Crippen molar-refractivity contribution in [1.82, 2.24) is 5.43 Å². The summed E-state index contributed by atoms with van der Waals surface area (Å²) in [5, 5.41) is 4.04. The maximum atomic E-state index is 13.6. The first-order valence-electron chi connectivity index (χ1n) is 13.3. The number of sulfonamides is 1. The molecule has 0 aliphatic carbocycles. The van der Waals surface area contributed by atoms with Gasteiger partial charge in [-0.3, -0.25) is 9.10 Å². The second-order valence-electron chi connectivity index (χ2n) is 9.23. The molecule has 0 bridgehead atoms. The lowest BCUT2D eigenvalue weighted by Crippen LogP contribution is -2.39. The third kappa shape index (κ3) is 7.88. The van der Waals surface area contributed by atoms with E-state index < -0.39 is 22.5 Å². The molecule has 42 heavy (non-hydrogen) atoms. The molecule has 218 valence electrons. The topological polar surface area (TPSA) is 107 Å². The van der Waals surface area contributed by atoms with Crippen LogP contribution in [0.4, 0.5) is 5.69 Å². The molecule has 4 aromatic carbocycles. The van der Waals surface area contributed by atoms with Crippen molar-refractivity contribution in [2.75, 3.05) is 24.6 Å². The third-order valence-electron chi connectivity index (χ3n) is 6.16. The Morgan fingerprint density at radius 1 is 0.905 bits per heavy atom. The SMILES string of the molecule is CCOc1cc(/C=N\NC(=O)CN(c2ccc(OC)cc2)S(=O)(=O)c2ccc(C)cc2)ccc1OCc1ccccc1. The van der Waals surface area contributed by atoms with Gasteiger partial charge in [-0.1, -0.05) is 48.0 Å². The largest absolute Gasteiger partial charge is 0.497 e. The molecule has 1 amide bonds. The number of rotatable bonds is 13. The molecule has 0 fully saturated rings. The number of aryl methyl sites for hydroxylation is 1. The zero-order valence-electron chi connectivity index (χ0n) is 23.7. The van der Waals surface area contributed by atoms with E-state index in [0.29, 0.717) is 41.7 Å². The number of carbonyl (C=O) groups excluding carboxylic acids is 1. The van der Waals surface area contributed by atoms with Crippen LogP contribution in [0, 0.1) is 6.92 Å². The standard InChI is InChI=1S/C32H33N3O6S/c1-4-40-31-20-26(12-19-30(31)41-23-25-8-6-5-7-9-25)21-33-34-32(36)22-35(27-13-15-28(39-3)16-14-27)42(37,38)29-17-10-24(2)11-18-29/h5-21H,4,22-23H2,1-3H3,(H,34,36)/b33-21-. The summed E-state index contributed by atoms with van der Waals surface area (Å²) in [5.74, 6) is 1.06. The maximum absolute atomic E-state index is 13.6. The van der Waals surface area contributed by atoms with Gasteiger partial charge in [-0.15, -0.1) is 0 Å². The highest BCUT2D eigenvalue weighted by molar-refractivity contribution is 7.92. The first-order chi connectivity index (χ1) is 20.3. The molecule has 0 radical (unpaired) electrons. The van der Waals surface area contributed by atoms with E-state index in [1.807, 2.05) is 44.2 Å². The molecule has 0 atom stereocenters. The second kappa shape index (κ2) is 14.2. The third-order valence-corrected chi connectivity index (χ3v) is 7.95. The predicted molar refractivity (Wildman–Crippen MR) is 163 cm³/mol. The monoisotopic (exact) mass is 587 g/mol. The van der Waals surface area contributed by atoms with E-state index in [0.717, 1.165) is 15.4 Å². The summed E-state index contributed by atoms with van der Waals surface area (Å²) in [6, 6.07) is 28.0. The van der Waals surface area contributed by atoms with Crippen LogP contribution in [-0.4, -0.2) is 40.8 Å². The quantitative estimate of drug-likeness (QED) is 0.168. The molecular weight excluding hydrogens is 554 g/mol. The smallest absolute Gasteiger partial charge is 0.264 e. The molecule has 0 unspecified atom stereocenters. The number of anilines is 1. The molecule has 0 heterocycles. The number of hydrazone groups is 1. The van der Waals surface area contributed by atoms with Gasteiger partial charge in [-0.2, -0.15) is 5.10 Å². The van der Waals surface area contributed by atoms with Crippen molar-refractivity contribution in [3.05, 3.63) is 114 Å². The molecule has 0 aliphatic rings. The normalized spacial score (nSPS) is 11.2. The Kier molecular flexibility index (Phi) is 10.2. The number of amides is 1. The van der Waals surface area contributed by atoms with Gasteiger partial charge in [-0.05, 0) is 79.6 Å². The van der Waals surface area contributed by atoms with Crippen LogP contribution in [0.3, 0.4) is 0 Å². The summed E-state index contributed by atoms with van der Waals surface area (Å²) >= 11 is 0. The molecule has 10 heteroatoms. The Morgan fingerprint density at radius 3 is 2.29 bits per heavy atom. The highest BCUT2D eigenvalue weighted by Crippen LogP contribution is 2.29. The van der Waals surface area contributed by atoms with Gasteiger partial charge in [0.15, 0.2) is 11.5 Å². The molecule has 0 aromatic heterocycles. The molecule has 0 aliphatic heterocycles. The zero-order chi connectivity index (χ0) is 30.0. The summed E-state index contributed by atoms with van der Waals surface area (Å²) < 4.78 is 45.0. The maximum Gasteiger partial charge on any atom is 0.264 e. The van der Waals surface area contributed by atoms with Gasteiger partial charge in [0.05, 0.1) is 30.5 Å². The Labute approximate surface area is 246 Å². The summed E-state index contributed by atoms with van der Waals surface area (Å²) in [7, 11) is -2.54. The molecule has 9 nitrogen and oxygen atoms in total. The highest BCUT2D eigenvalue weighted by atomic mass is 32.2. The van der Waals surface area contributed by atoms with Crippen LogP contribution < -0.4 is 23.9 Å². The number of nitrogens with one attached hydrogen (secondary N) is 1. The zero-order valence-corrected chi connectivity index (χ0v) is 24.5. The molecule has 4 rings (SSSR count). The van der Waals surface area contributed by atoms with E-state index in [2.05, 4.69) is 10.5 Å². The van der Waals surface area contributed by atoms with Crippen LogP contribution in [-0.2, 0) is 21.4 Å². The average Bonchev–Trinajstić information content (AvgIpc) is 3.00. The minimum absolute atomic E-state index is 0.0678. The fourth-order valence-electron chi connectivity index (χ4n) is 3.97. The van der Waals surface area contributed by atoms with E-state index in [-0.39, 0.29) is 4.90 Å². The second-order valence-corrected chi connectivity index (χ2v) is 11.1. The average molecular weight is 588 g/mol. The van der Waals surface area contributed by atoms with Crippen LogP contribution in [0.1, 0.15) is 23.6 Å². The van der Waals surface area contributed by atoms with Gasteiger partial charge in [-0.25, -0.2) is 13.8 Å². The molecular formula is C32H33N3O6S. The minimum atomic E-state index is -4.06. The lowest BCUT2D eigenvalue weighted by Gasteiger charge is -2.24. The van der Waals surface area contributed by atoms with E-state index >= 15 is 0 Å². The number of nitrogens with zero attached hydrogens (tertiary/aromatic N) is 2. The molecule has 0 saturated heterocycles. The van der Waals surface area contributed by atoms with E-state index in [9.17, 15) is 13.2 Å². The fraction of sp³-hybridized carbons (Fsp3) is 0.188. The van der Waals surface area contributed by atoms with Crippen LogP contribution in [0.5, 0.6) is 17.2 Å². The number of ether oxygens (including phenoxy) is 3. The van der Waals surface area contributed by atoms with Crippen molar-refractivity contribution in [3.63, 3.8) is 0 Å². The van der Waals surface area contributed by atoms with Crippen LogP contribution >= 0.6 is 0 Å². The lowest BCUT2D eigenvalue weighted by molar-refractivity contribution is -0.119. The Bertz CT molecular complexity index is 1610. The van der Waals surface area contributed by atoms with Gasteiger partial charge in [0, 0.05) is 0 Å². The minimum Gasteiger partial charge on any atom is -0.497 e. The van der Waals surface area contributed by atoms with E-state index in [1.165, 1.54) is 25.5 Å². The predicted octanol–water partition coefficient (Wildman–Crippen LogP) is 5.33. The van der Waals surface area contributed by atoms with Crippen molar-refractivity contribution < 1.29 is 27.4 Å². The van der Waals surface area contributed by atoms with Gasteiger partial charge in [0.2, 0.25) is 0 Å². The molecule has 0 saturated carbocycles. The van der Waals surface area contributed by atoms with Gasteiger partial charge < -0.3 is 14.2 Å². The summed E-state index contributed by atoms with van der Waals surface area (Å²) in [6.45, 7) is 4.08. The van der Waals surface area contributed by atoms with Crippen molar-refractivity contribution in [2.45, 2.75) is 25.3 Å². The Hall–Kier alpha value is -4.83. The van der Waals surface area contributed by atoms with Gasteiger partial charge in [0.1, 0.15) is 18.9 Å². The van der Waals surface area contributed by atoms with Crippen molar-refractivity contribution >= 4 is 27.8 Å². The highest BCUT2D eigenvalue weighted by Gasteiger charge is 2.27. The van der Waals surface area contributed by atoms with E-state index in [4.69, 9.17) is 14.2 Å². The molecule has 4 aromatic rings. The van der Waals surface area contributed by atoms with Gasteiger partial charge >= 0.3 is 0 Å². The van der Waals surface area contributed by atoms with Crippen molar-refractivity contribution in [1.29, 1.82) is 0 Å². The molecule has 0 spiro atoms. The van der Waals surface area contributed by atoms with E-state index in [1.54, 1.807) is 54.6 Å². The summed E-state index contributed by atoms with van der Waals surface area (Å²) in [6.07, 6.45) is 1.45. The van der Waals surface area contributed by atoms with Crippen LogP contribution in [0.15, 0.2) is 107 Å². The van der Waals surface area contributed by atoms with Crippen LogP contribution in [0.2, 0.25) is 0 Å². The van der Waals surface area contributed by atoms with Crippen molar-refractivity contribution in [2.24, 2.45) is 5.10 Å². The first kappa shape index (κ1) is 30.1. The first-order valence-corrected chi connectivity index (χ1v) is 14.7. The number of carbonyl (C=O) groups is 1. The van der Waals surface area contributed by atoms with Crippen LogP contribution in [0.25, 0.3) is 0 Å². The number of hydrogen-bond acceptors (Lipinski definition) is 7. The Balaban J connectivity index is 1.48. The molecule has 1 N–H and O–H groups in total. The fourth-order valence-corrected chi connectivity index (χ4v) is 5.39. The number of hydrogen-bond donors (Lipinski definition) is 1. The summed E-state index contributed by atoms with van der Waals surface area (Å²) in [4.78, 5) is 13.0. The van der Waals surface area contributed by atoms with Gasteiger partial charge in [0.25, 0.3) is 15.9 Å². The number of methoxy groups -OCH3 is 1. The lowest BCUT2D eigenvalue weighted by atomic mass is 10.2. The Morgan fingerprint density at radius 2 is 1.62 bits per heavy atom.